The Balaban J connectivity index is 2.01. The molecule has 0 aromatic carbocycles. The molecule has 0 spiro atoms. The van der Waals surface area contributed by atoms with E-state index in [1.807, 2.05) is 24.5 Å². The van der Waals surface area contributed by atoms with Gasteiger partial charge >= 0.3 is 0 Å². The van der Waals surface area contributed by atoms with Crippen molar-refractivity contribution in [2.45, 2.75) is 38.1 Å². The molecule has 0 amide bonds. The number of halogens is 1. The Kier molecular flexibility index (Phi) is 2.98. The van der Waals surface area contributed by atoms with Crippen LogP contribution in [-0.4, -0.2) is 15.5 Å². The summed E-state index contributed by atoms with van der Waals surface area (Å²) in [6.07, 6.45) is 8.75. The minimum Gasteiger partial charge on any atom is -0.378 e. The summed E-state index contributed by atoms with van der Waals surface area (Å²) in [7, 11) is 0. The number of anilines is 1. The fraction of sp³-hybridized carbons (Fsp3) is 0.429. The van der Waals surface area contributed by atoms with Gasteiger partial charge in [-0.3, -0.25) is 9.97 Å². The highest BCUT2D eigenvalue weighted by molar-refractivity contribution is 9.10. The molecule has 94 valence electrons. The number of nitrogens with zero attached hydrogens (tertiary/aromatic N) is 2. The molecular formula is C14H16BrN3. The van der Waals surface area contributed by atoms with Crippen molar-refractivity contribution in [3.63, 3.8) is 0 Å². The van der Waals surface area contributed by atoms with Gasteiger partial charge in [0.15, 0.2) is 0 Å². The van der Waals surface area contributed by atoms with Crippen molar-refractivity contribution in [3.05, 3.63) is 29.0 Å². The summed E-state index contributed by atoms with van der Waals surface area (Å²) >= 11 is 3.43. The lowest BCUT2D eigenvalue weighted by molar-refractivity contribution is 0.534. The number of aromatic nitrogens is 2. The first-order valence-corrected chi connectivity index (χ1v) is 7.14. The lowest BCUT2D eigenvalue weighted by Gasteiger charge is -2.27. The van der Waals surface area contributed by atoms with Crippen molar-refractivity contribution in [3.8, 4) is 0 Å². The van der Waals surface area contributed by atoms with E-state index in [0.717, 1.165) is 21.2 Å². The molecular weight excluding hydrogens is 290 g/mol. The number of nitrogens with one attached hydrogen (secondary N) is 1. The van der Waals surface area contributed by atoms with E-state index in [0.29, 0.717) is 0 Å². The van der Waals surface area contributed by atoms with Crippen LogP contribution in [0.1, 0.15) is 32.6 Å². The van der Waals surface area contributed by atoms with Gasteiger partial charge in [0, 0.05) is 22.4 Å². The number of fused-ring (bicyclic) bond motifs is 1. The maximum absolute atomic E-state index is 4.48. The van der Waals surface area contributed by atoms with E-state index in [-0.39, 0.29) is 5.54 Å². The van der Waals surface area contributed by atoms with Gasteiger partial charge in [0.25, 0.3) is 0 Å². The smallest absolute Gasteiger partial charge is 0.112 e. The third-order valence-corrected chi connectivity index (χ3v) is 4.12. The third-order valence-electron chi connectivity index (χ3n) is 3.69. The first kappa shape index (κ1) is 11.9. The van der Waals surface area contributed by atoms with Crippen molar-refractivity contribution in [2.24, 2.45) is 0 Å². The summed E-state index contributed by atoms with van der Waals surface area (Å²) in [5.74, 6) is 0. The summed E-state index contributed by atoms with van der Waals surface area (Å²) < 4.78 is 0.965. The average Bonchev–Trinajstić information content (AvgIpc) is 2.76. The van der Waals surface area contributed by atoms with Gasteiger partial charge < -0.3 is 5.32 Å². The van der Waals surface area contributed by atoms with Crippen LogP contribution in [0.25, 0.3) is 11.0 Å². The number of hydrogen-bond donors (Lipinski definition) is 1. The molecule has 1 aliphatic rings. The molecule has 0 radical (unpaired) electrons. The van der Waals surface area contributed by atoms with Gasteiger partial charge in [-0.05, 0) is 47.8 Å². The monoisotopic (exact) mass is 305 g/mol. The van der Waals surface area contributed by atoms with Crippen LogP contribution < -0.4 is 5.32 Å². The van der Waals surface area contributed by atoms with Gasteiger partial charge in [-0.25, -0.2) is 0 Å². The van der Waals surface area contributed by atoms with Gasteiger partial charge in [0.1, 0.15) is 5.52 Å². The minimum absolute atomic E-state index is 0.211. The maximum Gasteiger partial charge on any atom is 0.112 e. The van der Waals surface area contributed by atoms with Crippen LogP contribution in [0.2, 0.25) is 0 Å². The Morgan fingerprint density at radius 1 is 1.28 bits per heavy atom. The van der Waals surface area contributed by atoms with Crippen LogP contribution in [0.15, 0.2) is 29.0 Å². The van der Waals surface area contributed by atoms with Crippen LogP contribution in [-0.2, 0) is 0 Å². The highest BCUT2D eigenvalue weighted by Gasteiger charge is 2.28. The molecule has 2 heterocycles. The molecule has 0 saturated heterocycles. The quantitative estimate of drug-likeness (QED) is 0.906. The summed E-state index contributed by atoms with van der Waals surface area (Å²) in [5, 5.41) is 3.66. The van der Waals surface area contributed by atoms with Gasteiger partial charge in [-0.2, -0.15) is 0 Å². The average molecular weight is 306 g/mol. The molecule has 18 heavy (non-hydrogen) atoms. The van der Waals surface area contributed by atoms with Crippen molar-refractivity contribution < 1.29 is 0 Å². The van der Waals surface area contributed by atoms with Gasteiger partial charge in [0.05, 0.1) is 11.2 Å². The predicted octanol–water partition coefficient (Wildman–Crippen LogP) is 4.14. The van der Waals surface area contributed by atoms with E-state index in [9.17, 15) is 0 Å². The molecule has 1 fully saturated rings. The zero-order chi connectivity index (χ0) is 12.6. The second-order valence-corrected chi connectivity index (χ2v) is 6.19. The summed E-state index contributed by atoms with van der Waals surface area (Å²) in [6.45, 7) is 2.30. The van der Waals surface area contributed by atoms with Crippen LogP contribution in [0.4, 0.5) is 5.69 Å². The maximum atomic E-state index is 4.48. The first-order valence-electron chi connectivity index (χ1n) is 6.35. The van der Waals surface area contributed by atoms with Crippen LogP contribution in [0, 0.1) is 0 Å². The predicted molar refractivity (Wildman–Crippen MR) is 77.7 cm³/mol. The molecule has 1 aliphatic carbocycles. The third kappa shape index (κ3) is 2.21. The second-order valence-electron chi connectivity index (χ2n) is 5.27. The van der Waals surface area contributed by atoms with Gasteiger partial charge in [-0.15, -0.1) is 0 Å². The summed E-state index contributed by atoms with van der Waals surface area (Å²) in [6, 6.07) is 4.03. The fourth-order valence-electron chi connectivity index (χ4n) is 2.71. The molecule has 0 atom stereocenters. The Hall–Kier alpha value is -1.16. The largest absolute Gasteiger partial charge is 0.378 e. The molecule has 0 aliphatic heterocycles. The summed E-state index contributed by atoms with van der Waals surface area (Å²) in [5.41, 5.74) is 3.19. The van der Waals surface area contributed by atoms with E-state index in [1.54, 1.807) is 0 Å². The normalized spacial score (nSPS) is 18.1. The Morgan fingerprint density at radius 2 is 2.06 bits per heavy atom. The fourth-order valence-corrected chi connectivity index (χ4v) is 3.03. The summed E-state index contributed by atoms with van der Waals surface area (Å²) in [4.78, 5) is 8.85. The van der Waals surface area contributed by atoms with Crippen LogP contribution >= 0.6 is 15.9 Å². The number of rotatable bonds is 2. The highest BCUT2D eigenvalue weighted by Crippen LogP contribution is 2.34. The molecule has 4 heteroatoms. The van der Waals surface area contributed by atoms with Gasteiger partial charge in [0.2, 0.25) is 0 Å². The highest BCUT2D eigenvalue weighted by atomic mass is 79.9. The molecule has 0 bridgehead atoms. The van der Waals surface area contributed by atoms with E-state index >= 15 is 0 Å². The van der Waals surface area contributed by atoms with Crippen molar-refractivity contribution in [1.82, 2.24) is 9.97 Å². The van der Waals surface area contributed by atoms with E-state index in [1.165, 1.54) is 25.7 Å². The lowest BCUT2D eigenvalue weighted by atomic mass is 10.0. The molecule has 1 saturated carbocycles. The first-order chi connectivity index (χ1) is 8.66. The van der Waals surface area contributed by atoms with E-state index in [2.05, 4.69) is 38.1 Å². The number of hydrogen-bond acceptors (Lipinski definition) is 3. The minimum atomic E-state index is 0.211. The molecule has 3 rings (SSSR count). The van der Waals surface area contributed by atoms with E-state index in [4.69, 9.17) is 0 Å². The van der Waals surface area contributed by atoms with Crippen molar-refractivity contribution >= 4 is 32.7 Å². The van der Waals surface area contributed by atoms with E-state index < -0.39 is 0 Å². The molecule has 2 aromatic heterocycles. The molecule has 0 unspecified atom stereocenters. The molecule has 2 aromatic rings. The molecule has 3 nitrogen and oxygen atoms in total. The number of pyridine rings is 2. The standard InChI is InChI=1S/C14H16BrN3/c1-14(5-2-3-6-14)18-11-4-7-16-12-8-10(15)9-17-13(11)12/h4,7-9H,2-3,5-6H2,1H3,(H,16,18). The SMILES string of the molecule is CC1(Nc2ccnc3cc(Br)cnc23)CCCC1. The van der Waals surface area contributed by atoms with Crippen molar-refractivity contribution in [1.29, 1.82) is 0 Å². The Labute approximate surface area is 115 Å². The lowest BCUT2D eigenvalue weighted by Crippen LogP contribution is -2.30. The zero-order valence-electron chi connectivity index (χ0n) is 10.4. The molecule has 1 N–H and O–H groups in total. The van der Waals surface area contributed by atoms with Crippen LogP contribution in [0.3, 0.4) is 0 Å². The van der Waals surface area contributed by atoms with Crippen LogP contribution in [0.5, 0.6) is 0 Å². The topological polar surface area (TPSA) is 37.8 Å². The van der Waals surface area contributed by atoms with Gasteiger partial charge in [-0.1, -0.05) is 12.8 Å². The second kappa shape index (κ2) is 4.50. The van der Waals surface area contributed by atoms with Crippen molar-refractivity contribution in [2.75, 3.05) is 5.32 Å². The Bertz CT molecular complexity index is 576. The zero-order valence-corrected chi connectivity index (χ0v) is 12.0. The Morgan fingerprint density at radius 3 is 2.83 bits per heavy atom.